The van der Waals surface area contributed by atoms with E-state index in [0.717, 1.165) is 6.92 Å². The number of ether oxygens (including phenoxy) is 2. The maximum absolute atomic E-state index is 11.9. The summed E-state index contributed by atoms with van der Waals surface area (Å²) in [5.74, 6) is -0.749. The number of carbonyl (C=O) groups is 4. The fraction of sp³-hybridized carbons (Fsp3) is 0.667. The number of nitrogens with zero attached hydrogens (tertiary/aromatic N) is 4. The van der Waals surface area contributed by atoms with Crippen molar-refractivity contribution >= 4 is 23.9 Å². The van der Waals surface area contributed by atoms with E-state index in [-0.39, 0.29) is 39.8 Å². The molecule has 2 aliphatic rings. The van der Waals surface area contributed by atoms with Crippen molar-refractivity contribution in [2.75, 3.05) is 39.3 Å². The van der Waals surface area contributed by atoms with Crippen LogP contribution in [-0.4, -0.2) is 99.8 Å². The predicted molar refractivity (Wildman–Crippen MR) is 148 cm³/mol. The molecule has 0 saturated carbocycles. The number of carboxylic acid groups (broad SMARTS) is 1. The fourth-order valence-electron chi connectivity index (χ4n) is 2.95. The van der Waals surface area contributed by atoms with Crippen LogP contribution in [0.2, 0.25) is 0 Å². The highest BCUT2D eigenvalue weighted by Gasteiger charge is 2.50. The van der Waals surface area contributed by atoms with Gasteiger partial charge < -0.3 is 19.5 Å². The Morgan fingerprint density at radius 1 is 0.974 bits per heavy atom. The number of carbonyl (C=O) groups excluding carboxylic acids is 3. The van der Waals surface area contributed by atoms with E-state index in [4.69, 9.17) is 19.4 Å². The Kier molecular flexibility index (Phi) is 16.9. The van der Waals surface area contributed by atoms with Gasteiger partial charge >= 0.3 is 12.2 Å². The Morgan fingerprint density at radius 2 is 1.32 bits per heavy atom. The molecule has 0 aromatic rings. The summed E-state index contributed by atoms with van der Waals surface area (Å²) < 4.78 is 10.3. The number of Topliss-reactive ketones (excluding diaryl/α,β-unsaturated/α-hetero) is 1. The van der Waals surface area contributed by atoms with Gasteiger partial charge in [0.2, 0.25) is 0 Å². The summed E-state index contributed by atoms with van der Waals surface area (Å²) >= 11 is 0. The molecule has 2 fully saturated rings. The third-order valence-corrected chi connectivity index (χ3v) is 4.46. The summed E-state index contributed by atoms with van der Waals surface area (Å²) in [6, 6.07) is 2.31. The van der Waals surface area contributed by atoms with E-state index in [2.05, 4.69) is 19.2 Å². The molecule has 0 atom stereocenters. The SMILES string of the molecule is C.C.C=CCN(CC=C)C1(C#N)CN(C(=O)OC(C)(C)C)C1.CC(=O)O.CC(C)(C)OC(=O)N1CC(=O)C1. The van der Waals surface area contributed by atoms with Gasteiger partial charge in [-0.25, -0.2) is 9.59 Å². The number of aliphatic carboxylic acids is 1. The lowest BCUT2D eigenvalue weighted by Crippen LogP contribution is -2.71. The lowest BCUT2D eigenvalue weighted by atomic mass is 9.89. The first-order valence-electron chi connectivity index (χ1n) is 11.4. The number of hydrogen-bond donors (Lipinski definition) is 1. The van der Waals surface area contributed by atoms with Crippen molar-refractivity contribution in [2.24, 2.45) is 0 Å². The third kappa shape index (κ3) is 14.4. The molecule has 11 nitrogen and oxygen atoms in total. The maximum atomic E-state index is 11.9. The topological polar surface area (TPSA) is 140 Å². The minimum atomic E-state index is -0.833. The molecule has 2 aliphatic heterocycles. The Labute approximate surface area is 228 Å². The molecule has 2 saturated heterocycles. The molecule has 2 rings (SSSR count). The van der Waals surface area contributed by atoms with Crippen molar-refractivity contribution in [1.82, 2.24) is 14.7 Å². The lowest BCUT2D eigenvalue weighted by Gasteiger charge is -2.50. The largest absolute Gasteiger partial charge is 0.481 e. The normalized spacial score (nSPS) is 15.1. The van der Waals surface area contributed by atoms with Gasteiger partial charge in [-0.15, -0.1) is 13.2 Å². The molecule has 0 aromatic carbocycles. The number of hydrogen-bond acceptors (Lipinski definition) is 8. The van der Waals surface area contributed by atoms with Crippen molar-refractivity contribution in [1.29, 1.82) is 5.26 Å². The van der Waals surface area contributed by atoms with Gasteiger partial charge in [-0.3, -0.25) is 19.4 Å². The van der Waals surface area contributed by atoms with Crippen LogP contribution in [0.1, 0.15) is 63.3 Å². The second kappa shape index (κ2) is 16.5. The number of nitriles is 1. The first-order chi connectivity index (χ1) is 16.4. The molecule has 38 heavy (non-hydrogen) atoms. The van der Waals surface area contributed by atoms with Crippen molar-refractivity contribution in [3.05, 3.63) is 25.3 Å². The van der Waals surface area contributed by atoms with E-state index in [1.807, 2.05) is 25.7 Å². The fourth-order valence-corrected chi connectivity index (χ4v) is 2.95. The molecule has 218 valence electrons. The highest BCUT2D eigenvalue weighted by molar-refractivity contribution is 5.94. The minimum Gasteiger partial charge on any atom is -0.481 e. The summed E-state index contributed by atoms with van der Waals surface area (Å²) in [5, 5.41) is 16.9. The zero-order valence-corrected chi connectivity index (χ0v) is 22.5. The molecule has 0 spiro atoms. The molecular weight excluding hydrogens is 492 g/mol. The van der Waals surface area contributed by atoms with E-state index >= 15 is 0 Å². The van der Waals surface area contributed by atoms with Gasteiger partial charge in [0.05, 0.1) is 32.2 Å². The van der Waals surface area contributed by atoms with E-state index in [1.54, 1.807) is 37.8 Å². The van der Waals surface area contributed by atoms with Crippen LogP contribution in [-0.2, 0) is 19.1 Å². The quantitative estimate of drug-likeness (QED) is 0.504. The van der Waals surface area contributed by atoms with Crippen molar-refractivity contribution in [3.8, 4) is 6.07 Å². The number of rotatable bonds is 5. The molecule has 0 unspecified atom stereocenters. The standard InChI is InChI=1S/C15H23N3O2.C8H13NO3.C2H4O2.2CH4/c1-6-8-18(9-7-2)15(10-16)11-17(12-15)13(19)20-14(3,4)5;1-8(2,3)12-7(11)9-4-6(10)5-9;1-2(3)4;;/h6-7H,1-2,8-9,11-12H2,3-5H3;4-5H2,1-3H3;1H3,(H,3,4);2*1H4. The zero-order chi connectivity index (χ0) is 28.3. The maximum Gasteiger partial charge on any atom is 0.411 e. The highest BCUT2D eigenvalue weighted by Crippen LogP contribution is 2.29. The second-order valence-corrected chi connectivity index (χ2v) is 10.4. The first kappa shape index (κ1) is 39.1. The Balaban J connectivity index is -0.000000581. The molecular formula is C27H48N4O7. The van der Waals surface area contributed by atoms with Crippen LogP contribution in [0.5, 0.6) is 0 Å². The Morgan fingerprint density at radius 3 is 1.58 bits per heavy atom. The van der Waals surface area contributed by atoms with E-state index in [1.165, 1.54) is 4.90 Å². The minimum absolute atomic E-state index is 0. The van der Waals surface area contributed by atoms with Crippen LogP contribution in [0.3, 0.4) is 0 Å². The van der Waals surface area contributed by atoms with Gasteiger partial charge in [0, 0.05) is 20.0 Å². The number of ketones is 1. The van der Waals surface area contributed by atoms with Gasteiger partial charge in [-0.05, 0) is 41.5 Å². The van der Waals surface area contributed by atoms with Gasteiger partial charge in [0.15, 0.2) is 5.78 Å². The lowest BCUT2D eigenvalue weighted by molar-refractivity contribution is -0.134. The van der Waals surface area contributed by atoms with Crippen LogP contribution in [0, 0.1) is 11.3 Å². The molecule has 2 heterocycles. The number of likely N-dealkylation sites (tertiary alicyclic amines) is 2. The summed E-state index contributed by atoms with van der Waals surface area (Å²) in [5.41, 5.74) is -1.67. The summed E-state index contributed by atoms with van der Waals surface area (Å²) in [6.45, 7) is 21.6. The molecule has 0 aromatic heterocycles. The predicted octanol–water partition coefficient (Wildman–Crippen LogP) is 4.34. The Bertz CT molecular complexity index is 838. The number of carboxylic acids is 1. The smallest absolute Gasteiger partial charge is 0.411 e. The number of amides is 2. The van der Waals surface area contributed by atoms with Crippen molar-refractivity contribution in [2.45, 2.75) is 80.1 Å². The molecule has 11 heteroatoms. The highest BCUT2D eigenvalue weighted by atomic mass is 16.6. The summed E-state index contributed by atoms with van der Waals surface area (Å²) in [7, 11) is 0. The van der Waals surface area contributed by atoms with Crippen LogP contribution in [0.15, 0.2) is 25.3 Å². The Hall–Kier alpha value is -3.39. The summed E-state index contributed by atoms with van der Waals surface area (Å²) in [6.07, 6.45) is 2.72. The third-order valence-electron chi connectivity index (χ3n) is 4.46. The van der Waals surface area contributed by atoms with E-state index in [0.29, 0.717) is 26.2 Å². The van der Waals surface area contributed by atoms with Gasteiger partial charge in [0.25, 0.3) is 5.97 Å². The monoisotopic (exact) mass is 540 g/mol. The summed E-state index contributed by atoms with van der Waals surface area (Å²) in [4.78, 5) is 47.5. The van der Waals surface area contributed by atoms with E-state index < -0.39 is 28.8 Å². The van der Waals surface area contributed by atoms with Crippen LogP contribution in [0.25, 0.3) is 0 Å². The molecule has 2 amide bonds. The van der Waals surface area contributed by atoms with Gasteiger partial charge in [-0.1, -0.05) is 27.0 Å². The zero-order valence-electron chi connectivity index (χ0n) is 22.5. The second-order valence-electron chi connectivity index (χ2n) is 10.4. The first-order valence-corrected chi connectivity index (χ1v) is 11.4. The van der Waals surface area contributed by atoms with Crippen LogP contribution < -0.4 is 0 Å². The average molecular weight is 541 g/mol. The molecule has 0 bridgehead atoms. The van der Waals surface area contributed by atoms with Gasteiger partial charge in [0.1, 0.15) is 16.7 Å². The van der Waals surface area contributed by atoms with Gasteiger partial charge in [-0.2, -0.15) is 5.26 Å². The molecule has 1 N–H and O–H groups in total. The van der Waals surface area contributed by atoms with Crippen molar-refractivity contribution in [3.63, 3.8) is 0 Å². The van der Waals surface area contributed by atoms with Crippen LogP contribution in [0.4, 0.5) is 9.59 Å². The molecule has 0 aliphatic carbocycles. The average Bonchev–Trinajstić information content (AvgIpc) is 2.62. The van der Waals surface area contributed by atoms with E-state index in [9.17, 15) is 19.6 Å². The van der Waals surface area contributed by atoms with Crippen molar-refractivity contribution < 1.29 is 33.8 Å². The molecule has 0 radical (unpaired) electrons. The van der Waals surface area contributed by atoms with Crippen LogP contribution >= 0.6 is 0 Å².